The van der Waals surface area contributed by atoms with E-state index >= 15 is 0 Å². The largest absolute Gasteiger partial charge is 0.369 e. The summed E-state index contributed by atoms with van der Waals surface area (Å²) in [6.45, 7) is 4.29. The molecule has 2 aromatic carbocycles. The van der Waals surface area contributed by atoms with Gasteiger partial charge in [0.2, 0.25) is 5.95 Å². The average Bonchev–Trinajstić information content (AvgIpc) is 2.76. The van der Waals surface area contributed by atoms with Gasteiger partial charge in [0.05, 0.1) is 6.20 Å². The van der Waals surface area contributed by atoms with E-state index in [1.54, 1.807) is 6.20 Å². The number of aryl methyl sites for hydroxylation is 2. The predicted molar refractivity (Wildman–Crippen MR) is 124 cm³/mol. The Morgan fingerprint density at radius 2 is 1.77 bits per heavy atom. The highest BCUT2D eigenvalue weighted by Crippen LogP contribution is 2.30. The molecule has 0 radical (unpaired) electrons. The number of nitrogens with one attached hydrogen (secondary N) is 2. The highest BCUT2D eigenvalue weighted by Gasteiger charge is 2.18. The number of piperazine rings is 1. The lowest BCUT2D eigenvalue weighted by molar-refractivity contribution is 0.312. The molecule has 2 aliphatic rings. The van der Waals surface area contributed by atoms with Crippen molar-refractivity contribution in [3.63, 3.8) is 0 Å². The molecule has 7 heteroatoms. The first-order valence-electron chi connectivity index (χ1n) is 10.4. The SMILES string of the molecule is CN1CCN(c2ccc3cc2CCc2cccc(c2)Nc2nc(ncc2Cl)N3)CC1. The van der Waals surface area contributed by atoms with Gasteiger partial charge in [-0.15, -0.1) is 0 Å². The van der Waals surface area contributed by atoms with E-state index in [1.807, 2.05) is 6.07 Å². The summed E-state index contributed by atoms with van der Waals surface area (Å²) in [7, 11) is 2.19. The van der Waals surface area contributed by atoms with Gasteiger partial charge in [-0.2, -0.15) is 4.98 Å². The van der Waals surface area contributed by atoms with Crippen LogP contribution in [0.25, 0.3) is 0 Å². The monoisotopic (exact) mass is 420 g/mol. The van der Waals surface area contributed by atoms with E-state index in [0.717, 1.165) is 50.4 Å². The van der Waals surface area contributed by atoms with Crippen molar-refractivity contribution in [3.05, 3.63) is 64.8 Å². The zero-order chi connectivity index (χ0) is 20.5. The smallest absolute Gasteiger partial charge is 0.229 e. The quantitative estimate of drug-likeness (QED) is 0.605. The number of rotatable bonds is 1. The number of hydrogen-bond donors (Lipinski definition) is 2. The van der Waals surface area contributed by atoms with Gasteiger partial charge in [0, 0.05) is 43.2 Å². The van der Waals surface area contributed by atoms with Crippen molar-refractivity contribution in [2.75, 3.05) is 48.8 Å². The van der Waals surface area contributed by atoms with Crippen molar-refractivity contribution in [3.8, 4) is 0 Å². The molecule has 30 heavy (non-hydrogen) atoms. The number of benzene rings is 2. The fourth-order valence-corrected chi connectivity index (χ4v) is 4.22. The molecular formula is C23H25ClN6. The van der Waals surface area contributed by atoms with E-state index in [9.17, 15) is 0 Å². The minimum atomic E-state index is 0.493. The molecule has 2 N–H and O–H groups in total. The van der Waals surface area contributed by atoms with Gasteiger partial charge in [0.1, 0.15) is 5.02 Å². The lowest BCUT2D eigenvalue weighted by Gasteiger charge is -2.35. The standard InChI is InChI=1S/C23H25ClN6/c1-29-9-11-30(12-10-29)21-8-7-19-14-17(21)6-5-16-3-2-4-18(13-16)26-22-20(24)15-25-23(27-19)28-22/h2-4,7-8,13-15H,5-6,9-12H2,1H3,(H2,25,26,27,28). The molecule has 0 spiro atoms. The van der Waals surface area contributed by atoms with E-state index in [1.165, 1.54) is 16.8 Å². The van der Waals surface area contributed by atoms with Crippen LogP contribution in [0, 0.1) is 0 Å². The Hall–Kier alpha value is -2.83. The van der Waals surface area contributed by atoms with Gasteiger partial charge in [0.15, 0.2) is 5.82 Å². The predicted octanol–water partition coefficient (Wildman–Crippen LogP) is 4.47. The Bertz CT molecular complexity index is 1060. The van der Waals surface area contributed by atoms with Crippen LogP contribution in [0.3, 0.4) is 0 Å². The molecule has 6 nitrogen and oxygen atoms in total. The van der Waals surface area contributed by atoms with Crippen molar-refractivity contribution >= 4 is 40.4 Å². The van der Waals surface area contributed by atoms with Gasteiger partial charge in [-0.1, -0.05) is 23.7 Å². The second-order valence-electron chi connectivity index (χ2n) is 7.97. The highest BCUT2D eigenvalue weighted by atomic mass is 35.5. The molecule has 2 aliphatic heterocycles. The molecule has 0 saturated carbocycles. The third-order valence-electron chi connectivity index (χ3n) is 5.80. The van der Waals surface area contributed by atoms with Crippen LogP contribution in [0.2, 0.25) is 5.02 Å². The molecule has 6 bridgehead atoms. The summed E-state index contributed by atoms with van der Waals surface area (Å²) in [5.74, 6) is 1.12. The second-order valence-corrected chi connectivity index (χ2v) is 8.38. The molecule has 0 aliphatic carbocycles. The number of anilines is 5. The van der Waals surface area contributed by atoms with Crippen LogP contribution >= 0.6 is 11.6 Å². The number of halogens is 1. The fraction of sp³-hybridized carbons (Fsp3) is 0.304. The summed E-state index contributed by atoms with van der Waals surface area (Å²) in [6.07, 6.45) is 3.57. The number of fused-ring (bicyclic) bond motifs is 6. The topological polar surface area (TPSA) is 56.3 Å². The molecule has 5 rings (SSSR count). The normalized spacial score (nSPS) is 16.5. The molecule has 1 fully saturated rings. The number of hydrogen-bond acceptors (Lipinski definition) is 6. The molecule has 3 heterocycles. The Balaban J connectivity index is 1.55. The summed E-state index contributed by atoms with van der Waals surface area (Å²) in [6, 6.07) is 15.0. The molecule has 1 aromatic heterocycles. The first kappa shape index (κ1) is 19.2. The van der Waals surface area contributed by atoms with E-state index in [4.69, 9.17) is 11.6 Å². The number of nitrogens with zero attached hydrogens (tertiary/aromatic N) is 4. The average molecular weight is 421 g/mol. The maximum absolute atomic E-state index is 6.33. The van der Waals surface area contributed by atoms with Crippen molar-refractivity contribution in [1.29, 1.82) is 0 Å². The molecule has 154 valence electrons. The molecule has 0 unspecified atom stereocenters. The lowest BCUT2D eigenvalue weighted by atomic mass is 10.0. The maximum atomic E-state index is 6.33. The van der Waals surface area contributed by atoms with Crippen LogP contribution in [-0.2, 0) is 12.8 Å². The van der Waals surface area contributed by atoms with E-state index in [0.29, 0.717) is 16.8 Å². The summed E-state index contributed by atoms with van der Waals surface area (Å²) < 4.78 is 0. The van der Waals surface area contributed by atoms with Crippen LogP contribution in [0.15, 0.2) is 48.7 Å². The van der Waals surface area contributed by atoms with E-state index in [2.05, 4.69) is 73.8 Å². The van der Waals surface area contributed by atoms with Gasteiger partial charge in [-0.3, -0.25) is 0 Å². The van der Waals surface area contributed by atoms with E-state index in [-0.39, 0.29) is 0 Å². The number of aromatic nitrogens is 2. The van der Waals surface area contributed by atoms with Gasteiger partial charge >= 0.3 is 0 Å². The van der Waals surface area contributed by atoms with Crippen LogP contribution in [0.4, 0.5) is 28.8 Å². The van der Waals surface area contributed by atoms with Gasteiger partial charge in [0.25, 0.3) is 0 Å². The highest BCUT2D eigenvalue weighted by molar-refractivity contribution is 6.32. The number of likely N-dealkylation sites (N-methyl/N-ethyl adjacent to an activating group) is 1. The fourth-order valence-electron chi connectivity index (χ4n) is 4.08. The van der Waals surface area contributed by atoms with Gasteiger partial charge in [-0.25, -0.2) is 4.98 Å². The molecule has 3 aromatic rings. The zero-order valence-corrected chi connectivity index (χ0v) is 17.8. The third kappa shape index (κ3) is 4.06. The van der Waals surface area contributed by atoms with Crippen LogP contribution in [0.1, 0.15) is 11.1 Å². The van der Waals surface area contributed by atoms with Crippen molar-refractivity contribution in [2.24, 2.45) is 0 Å². The zero-order valence-electron chi connectivity index (χ0n) is 17.0. The summed E-state index contributed by atoms with van der Waals surface area (Å²) in [4.78, 5) is 13.8. The van der Waals surface area contributed by atoms with Gasteiger partial charge in [-0.05, 0) is 61.3 Å². The lowest BCUT2D eigenvalue weighted by Crippen LogP contribution is -2.44. The molecule has 1 saturated heterocycles. The Labute approximate surface area is 181 Å². The summed E-state index contributed by atoms with van der Waals surface area (Å²) >= 11 is 6.33. The summed E-state index contributed by atoms with van der Waals surface area (Å²) in [5.41, 5.74) is 5.92. The Kier molecular flexibility index (Phi) is 5.19. The Morgan fingerprint density at radius 1 is 0.933 bits per heavy atom. The van der Waals surface area contributed by atoms with Crippen molar-refractivity contribution in [1.82, 2.24) is 14.9 Å². The van der Waals surface area contributed by atoms with Crippen molar-refractivity contribution < 1.29 is 0 Å². The first-order chi connectivity index (χ1) is 14.6. The summed E-state index contributed by atoms with van der Waals surface area (Å²) in [5, 5.41) is 7.17. The van der Waals surface area contributed by atoms with Crippen molar-refractivity contribution in [2.45, 2.75) is 12.8 Å². The first-order valence-corrected chi connectivity index (χ1v) is 10.7. The van der Waals surface area contributed by atoms with Crippen LogP contribution in [-0.4, -0.2) is 48.1 Å². The minimum absolute atomic E-state index is 0.493. The third-order valence-corrected chi connectivity index (χ3v) is 6.07. The molecular weight excluding hydrogens is 396 g/mol. The van der Waals surface area contributed by atoms with E-state index < -0.39 is 0 Å². The Morgan fingerprint density at radius 3 is 2.63 bits per heavy atom. The van der Waals surface area contributed by atoms with Crippen LogP contribution < -0.4 is 15.5 Å². The maximum Gasteiger partial charge on any atom is 0.229 e. The minimum Gasteiger partial charge on any atom is -0.369 e. The molecule has 0 amide bonds. The second kappa shape index (κ2) is 8.13. The van der Waals surface area contributed by atoms with Gasteiger partial charge < -0.3 is 20.4 Å². The van der Waals surface area contributed by atoms with Crippen LogP contribution in [0.5, 0.6) is 0 Å². The molecule has 0 atom stereocenters.